The van der Waals surface area contributed by atoms with Crippen LogP contribution >= 0.6 is 15.9 Å². The summed E-state index contributed by atoms with van der Waals surface area (Å²) in [6.45, 7) is 3.24. The van der Waals surface area contributed by atoms with Crippen molar-refractivity contribution in [2.45, 2.75) is 12.5 Å². The molecule has 0 aliphatic carbocycles. The van der Waals surface area contributed by atoms with Crippen LogP contribution in [0, 0.1) is 6.92 Å². The van der Waals surface area contributed by atoms with Crippen LogP contribution in [-0.4, -0.2) is 36.2 Å². The number of aliphatic hydroxyl groups is 1. The van der Waals surface area contributed by atoms with Crippen LogP contribution in [0.25, 0.3) is 0 Å². The van der Waals surface area contributed by atoms with Crippen LogP contribution in [0.3, 0.4) is 0 Å². The molecule has 1 aromatic carbocycles. The number of hydrogen-bond acceptors (Lipinski definition) is 3. The molecule has 1 aliphatic rings. The van der Waals surface area contributed by atoms with E-state index in [9.17, 15) is 9.90 Å². The summed E-state index contributed by atoms with van der Waals surface area (Å²) in [4.78, 5) is 11.9. The summed E-state index contributed by atoms with van der Waals surface area (Å²) in [5, 5.41) is 15.6. The van der Waals surface area contributed by atoms with Gasteiger partial charge in [0.25, 0.3) is 5.91 Å². The summed E-state index contributed by atoms with van der Waals surface area (Å²) in [5.41, 5.74) is 0.773. The molecule has 1 aliphatic heterocycles. The molecule has 0 saturated carbocycles. The number of amides is 1. The Morgan fingerprint density at radius 3 is 2.88 bits per heavy atom. The molecule has 92 valence electrons. The van der Waals surface area contributed by atoms with E-state index in [4.69, 9.17) is 0 Å². The van der Waals surface area contributed by atoms with Crippen molar-refractivity contribution < 1.29 is 9.90 Å². The third-order valence-electron chi connectivity index (χ3n) is 2.93. The molecule has 0 spiro atoms. The molecule has 1 aromatic rings. The predicted molar refractivity (Wildman–Crippen MR) is 69.0 cm³/mol. The number of benzene rings is 1. The van der Waals surface area contributed by atoms with E-state index in [-0.39, 0.29) is 12.5 Å². The quantitative estimate of drug-likeness (QED) is 0.774. The molecule has 1 saturated heterocycles. The summed E-state index contributed by atoms with van der Waals surface area (Å²) in [7, 11) is 0. The van der Waals surface area contributed by atoms with Gasteiger partial charge < -0.3 is 15.7 Å². The lowest BCUT2D eigenvalue weighted by molar-refractivity contribution is -0.00760. The summed E-state index contributed by atoms with van der Waals surface area (Å²) < 4.78 is 0.872. The molecule has 1 heterocycles. The van der Waals surface area contributed by atoms with Crippen molar-refractivity contribution in [3.8, 4) is 0 Å². The maximum Gasteiger partial charge on any atom is 0.251 e. The fraction of sp³-hybridized carbons (Fsp3) is 0.417. The molecule has 2 rings (SSSR count). The van der Waals surface area contributed by atoms with E-state index in [0.29, 0.717) is 18.7 Å². The lowest BCUT2D eigenvalue weighted by Crippen LogP contribution is -2.64. The van der Waals surface area contributed by atoms with Gasteiger partial charge in [-0.3, -0.25) is 4.79 Å². The number of β-amino-alcohol motifs (C(OH)–C–C–N with tert-alkyl or cyclic N) is 1. The van der Waals surface area contributed by atoms with E-state index >= 15 is 0 Å². The number of hydrogen-bond donors (Lipinski definition) is 3. The maximum absolute atomic E-state index is 11.9. The second-order valence-corrected chi connectivity index (χ2v) is 5.39. The molecule has 0 bridgehead atoms. The van der Waals surface area contributed by atoms with Gasteiger partial charge in [0.2, 0.25) is 0 Å². The largest absolute Gasteiger partial charge is 0.385 e. The third kappa shape index (κ3) is 2.86. The fourth-order valence-electron chi connectivity index (χ4n) is 1.72. The Kier molecular flexibility index (Phi) is 3.51. The average Bonchev–Trinajstić information content (AvgIpc) is 2.26. The first-order valence-electron chi connectivity index (χ1n) is 5.48. The molecule has 3 N–H and O–H groups in total. The Morgan fingerprint density at radius 1 is 1.59 bits per heavy atom. The van der Waals surface area contributed by atoms with E-state index in [1.165, 1.54) is 0 Å². The van der Waals surface area contributed by atoms with Gasteiger partial charge in [-0.25, -0.2) is 0 Å². The maximum atomic E-state index is 11.9. The first kappa shape index (κ1) is 12.5. The number of rotatable bonds is 3. The Morgan fingerprint density at radius 2 is 2.29 bits per heavy atom. The number of carbonyl (C=O) groups excluding carboxylic acids is 1. The highest BCUT2D eigenvalue weighted by Crippen LogP contribution is 2.16. The second kappa shape index (κ2) is 4.76. The molecule has 0 atom stereocenters. The standard InChI is InChI=1S/C12H15BrN2O2/c1-8-2-3-9(13)4-10(8)11(16)15-7-12(17)5-14-6-12/h2-4,14,17H,5-7H2,1H3,(H,15,16). The average molecular weight is 299 g/mol. The van der Waals surface area contributed by atoms with Gasteiger partial charge in [0.1, 0.15) is 5.60 Å². The zero-order valence-corrected chi connectivity index (χ0v) is 11.2. The molecule has 17 heavy (non-hydrogen) atoms. The highest BCUT2D eigenvalue weighted by molar-refractivity contribution is 9.10. The molecule has 4 nitrogen and oxygen atoms in total. The fourth-order valence-corrected chi connectivity index (χ4v) is 2.08. The van der Waals surface area contributed by atoms with Crippen LogP contribution in [0.5, 0.6) is 0 Å². The summed E-state index contributed by atoms with van der Waals surface area (Å²) in [6.07, 6.45) is 0. The zero-order chi connectivity index (χ0) is 12.5. The SMILES string of the molecule is Cc1ccc(Br)cc1C(=O)NCC1(O)CNC1. The monoisotopic (exact) mass is 298 g/mol. The number of carbonyl (C=O) groups is 1. The lowest BCUT2D eigenvalue weighted by Gasteiger charge is -2.37. The van der Waals surface area contributed by atoms with Crippen molar-refractivity contribution in [2.75, 3.05) is 19.6 Å². The van der Waals surface area contributed by atoms with Crippen LogP contribution in [0.15, 0.2) is 22.7 Å². The topological polar surface area (TPSA) is 61.4 Å². The van der Waals surface area contributed by atoms with Crippen molar-refractivity contribution in [3.05, 3.63) is 33.8 Å². The predicted octanol–water partition coefficient (Wildman–Crippen LogP) is 0.822. The highest BCUT2D eigenvalue weighted by atomic mass is 79.9. The van der Waals surface area contributed by atoms with E-state index < -0.39 is 5.60 Å². The first-order valence-corrected chi connectivity index (χ1v) is 6.27. The van der Waals surface area contributed by atoms with E-state index in [1.54, 1.807) is 6.07 Å². The van der Waals surface area contributed by atoms with Gasteiger partial charge in [0.05, 0.1) is 0 Å². The van der Waals surface area contributed by atoms with Crippen molar-refractivity contribution in [2.24, 2.45) is 0 Å². The van der Waals surface area contributed by atoms with Crippen molar-refractivity contribution in [1.82, 2.24) is 10.6 Å². The zero-order valence-electron chi connectivity index (χ0n) is 9.59. The van der Waals surface area contributed by atoms with Crippen molar-refractivity contribution >= 4 is 21.8 Å². The Balaban J connectivity index is 2.01. The van der Waals surface area contributed by atoms with Gasteiger partial charge in [-0.15, -0.1) is 0 Å². The van der Waals surface area contributed by atoms with Crippen LogP contribution in [-0.2, 0) is 0 Å². The molecule has 1 fully saturated rings. The third-order valence-corrected chi connectivity index (χ3v) is 3.42. The normalized spacial score (nSPS) is 17.4. The highest BCUT2D eigenvalue weighted by Gasteiger charge is 2.34. The lowest BCUT2D eigenvalue weighted by atomic mass is 9.97. The first-order chi connectivity index (χ1) is 8.00. The second-order valence-electron chi connectivity index (χ2n) is 4.47. The number of aryl methyl sites for hydroxylation is 1. The van der Waals surface area contributed by atoms with Gasteiger partial charge in [-0.1, -0.05) is 22.0 Å². The van der Waals surface area contributed by atoms with Crippen molar-refractivity contribution in [1.29, 1.82) is 0 Å². The van der Waals surface area contributed by atoms with Gasteiger partial charge in [-0.05, 0) is 24.6 Å². The summed E-state index contributed by atoms with van der Waals surface area (Å²) in [6, 6.07) is 5.57. The Bertz CT molecular complexity index is 444. The minimum atomic E-state index is -0.782. The number of nitrogens with one attached hydrogen (secondary N) is 2. The van der Waals surface area contributed by atoms with Crippen LogP contribution < -0.4 is 10.6 Å². The molecule has 0 unspecified atom stereocenters. The summed E-state index contributed by atoms with van der Waals surface area (Å²) in [5.74, 6) is -0.149. The van der Waals surface area contributed by atoms with Crippen LogP contribution in [0.2, 0.25) is 0 Å². The Hall–Kier alpha value is -0.910. The minimum absolute atomic E-state index is 0.149. The van der Waals surface area contributed by atoms with Crippen LogP contribution in [0.1, 0.15) is 15.9 Å². The van der Waals surface area contributed by atoms with E-state index in [2.05, 4.69) is 26.6 Å². The van der Waals surface area contributed by atoms with Gasteiger partial charge >= 0.3 is 0 Å². The molecule has 5 heteroatoms. The van der Waals surface area contributed by atoms with E-state index in [0.717, 1.165) is 10.0 Å². The van der Waals surface area contributed by atoms with Gasteiger partial charge in [0, 0.05) is 29.7 Å². The Labute approximate surface area is 109 Å². The van der Waals surface area contributed by atoms with Crippen LogP contribution in [0.4, 0.5) is 0 Å². The smallest absolute Gasteiger partial charge is 0.251 e. The molecule has 0 radical (unpaired) electrons. The molecule has 1 amide bonds. The van der Waals surface area contributed by atoms with Gasteiger partial charge in [-0.2, -0.15) is 0 Å². The molecular formula is C12H15BrN2O2. The van der Waals surface area contributed by atoms with Gasteiger partial charge in [0.15, 0.2) is 0 Å². The summed E-state index contributed by atoms with van der Waals surface area (Å²) >= 11 is 3.34. The number of halogens is 1. The van der Waals surface area contributed by atoms with Crippen molar-refractivity contribution in [3.63, 3.8) is 0 Å². The molecular weight excluding hydrogens is 284 g/mol. The molecule has 0 aromatic heterocycles. The van der Waals surface area contributed by atoms with E-state index in [1.807, 2.05) is 19.1 Å². The minimum Gasteiger partial charge on any atom is -0.385 e.